The lowest BCUT2D eigenvalue weighted by Crippen LogP contribution is -2.29. The van der Waals surface area contributed by atoms with Crippen molar-refractivity contribution in [2.45, 2.75) is 31.2 Å². The van der Waals surface area contributed by atoms with Gasteiger partial charge in [-0.3, -0.25) is 0 Å². The van der Waals surface area contributed by atoms with Crippen molar-refractivity contribution in [2.75, 3.05) is 26.8 Å². The van der Waals surface area contributed by atoms with Crippen LogP contribution in [0.4, 0.5) is 0 Å². The Morgan fingerprint density at radius 1 is 1.30 bits per heavy atom. The second-order valence-electron chi connectivity index (χ2n) is 7.65. The Kier molecular flexibility index (Phi) is 6.11. The summed E-state index contributed by atoms with van der Waals surface area (Å²) in [5.41, 5.74) is 2.54. The molecule has 0 spiro atoms. The van der Waals surface area contributed by atoms with Crippen LogP contribution in [0, 0.1) is 12.8 Å². The number of halogens is 1. The van der Waals surface area contributed by atoms with Crippen LogP contribution in [0.5, 0.6) is 0 Å². The molecule has 3 heterocycles. The van der Waals surface area contributed by atoms with Gasteiger partial charge in [0.15, 0.2) is 5.65 Å². The quantitative estimate of drug-likeness (QED) is 0.554. The number of imidazole rings is 1. The Balaban J connectivity index is 1.53. The molecule has 1 atom stereocenters. The van der Waals surface area contributed by atoms with E-state index >= 15 is 0 Å². The van der Waals surface area contributed by atoms with E-state index in [4.69, 9.17) is 21.3 Å². The number of nitrogens with zero attached hydrogens (tertiary/aromatic N) is 4. The van der Waals surface area contributed by atoms with Crippen molar-refractivity contribution in [3.8, 4) is 0 Å². The highest BCUT2D eigenvalue weighted by Crippen LogP contribution is 2.29. The molecule has 0 aliphatic carbocycles. The second-order valence-corrected chi connectivity index (χ2v) is 10.00. The molecular formula is C21H25ClN4O3S. The molecule has 30 heavy (non-hydrogen) atoms. The molecule has 1 fully saturated rings. The summed E-state index contributed by atoms with van der Waals surface area (Å²) in [5, 5.41) is 0.464. The van der Waals surface area contributed by atoms with Crippen LogP contribution >= 0.6 is 11.6 Å². The van der Waals surface area contributed by atoms with E-state index < -0.39 is 10.0 Å². The average Bonchev–Trinajstić information content (AvgIpc) is 3.33. The summed E-state index contributed by atoms with van der Waals surface area (Å²) in [6.07, 6.45) is 3.24. The summed E-state index contributed by atoms with van der Waals surface area (Å²) in [5.74, 6) is 1.11. The van der Waals surface area contributed by atoms with Crippen LogP contribution in [-0.4, -0.2) is 54.1 Å². The third-order valence-corrected chi connectivity index (χ3v) is 7.87. The van der Waals surface area contributed by atoms with E-state index in [9.17, 15) is 8.42 Å². The molecule has 1 saturated heterocycles. The molecule has 4 rings (SSSR count). The van der Waals surface area contributed by atoms with Gasteiger partial charge in [-0.15, -0.1) is 0 Å². The molecule has 2 aromatic heterocycles. The first-order chi connectivity index (χ1) is 14.4. The van der Waals surface area contributed by atoms with Crippen molar-refractivity contribution in [3.63, 3.8) is 0 Å². The SMILES string of the molecule is COCCn1c(CC2CCN(S(=O)(=O)c3ccc(C)c(Cl)c3)C2)nc2cccnc21. The van der Waals surface area contributed by atoms with Crippen LogP contribution in [0.25, 0.3) is 11.2 Å². The van der Waals surface area contributed by atoms with Gasteiger partial charge in [-0.2, -0.15) is 4.31 Å². The highest BCUT2D eigenvalue weighted by Gasteiger charge is 2.33. The predicted octanol–water partition coefficient (Wildman–Crippen LogP) is 3.29. The predicted molar refractivity (Wildman–Crippen MR) is 116 cm³/mol. The Morgan fingerprint density at radius 2 is 2.13 bits per heavy atom. The molecule has 1 unspecified atom stereocenters. The number of aromatic nitrogens is 3. The fourth-order valence-corrected chi connectivity index (χ4v) is 5.71. The van der Waals surface area contributed by atoms with Gasteiger partial charge in [0, 0.05) is 44.4 Å². The smallest absolute Gasteiger partial charge is 0.243 e. The zero-order chi connectivity index (χ0) is 21.3. The fraction of sp³-hybridized carbons (Fsp3) is 0.429. The van der Waals surface area contributed by atoms with E-state index in [0.717, 1.165) is 29.0 Å². The molecule has 3 aromatic rings. The Bertz CT molecular complexity index is 1160. The number of benzene rings is 1. The largest absolute Gasteiger partial charge is 0.383 e. The van der Waals surface area contributed by atoms with Crippen LogP contribution in [0.1, 0.15) is 17.8 Å². The monoisotopic (exact) mass is 448 g/mol. The lowest BCUT2D eigenvalue weighted by atomic mass is 10.0. The normalized spacial score (nSPS) is 17.8. The van der Waals surface area contributed by atoms with Gasteiger partial charge >= 0.3 is 0 Å². The maximum absolute atomic E-state index is 13.1. The summed E-state index contributed by atoms with van der Waals surface area (Å²) >= 11 is 6.15. The van der Waals surface area contributed by atoms with E-state index in [0.29, 0.717) is 37.7 Å². The molecule has 0 radical (unpaired) electrons. The first-order valence-corrected chi connectivity index (χ1v) is 11.8. The summed E-state index contributed by atoms with van der Waals surface area (Å²) in [7, 11) is -1.89. The maximum Gasteiger partial charge on any atom is 0.243 e. The highest BCUT2D eigenvalue weighted by atomic mass is 35.5. The van der Waals surface area contributed by atoms with Crippen LogP contribution < -0.4 is 0 Å². The molecule has 0 amide bonds. The van der Waals surface area contributed by atoms with Gasteiger partial charge in [-0.05, 0) is 49.1 Å². The van der Waals surface area contributed by atoms with E-state index in [1.54, 1.807) is 29.7 Å². The van der Waals surface area contributed by atoms with Gasteiger partial charge in [0.2, 0.25) is 10.0 Å². The van der Waals surface area contributed by atoms with E-state index in [2.05, 4.69) is 9.55 Å². The molecule has 0 bridgehead atoms. The summed E-state index contributed by atoms with van der Waals surface area (Å²) < 4.78 is 35.0. The Morgan fingerprint density at radius 3 is 2.90 bits per heavy atom. The molecule has 7 nitrogen and oxygen atoms in total. The van der Waals surface area contributed by atoms with Crippen molar-refractivity contribution >= 4 is 32.8 Å². The number of pyridine rings is 1. The third kappa shape index (κ3) is 4.09. The number of aryl methyl sites for hydroxylation is 1. The average molecular weight is 449 g/mol. The van der Waals surface area contributed by atoms with Crippen molar-refractivity contribution < 1.29 is 13.2 Å². The lowest BCUT2D eigenvalue weighted by molar-refractivity contribution is 0.187. The Labute approximate surface area is 181 Å². The molecule has 160 valence electrons. The van der Waals surface area contributed by atoms with Gasteiger partial charge in [0.05, 0.1) is 11.5 Å². The van der Waals surface area contributed by atoms with Crippen LogP contribution in [0.2, 0.25) is 5.02 Å². The van der Waals surface area contributed by atoms with Gasteiger partial charge in [0.25, 0.3) is 0 Å². The summed E-state index contributed by atoms with van der Waals surface area (Å²) in [6, 6.07) is 8.72. The standard InChI is InChI=1S/C21H25ClN4O3S/c1-15-5-6-17(13-18(15)22)30(27,28)25-9-7-16(14-25)12-20-24-19-4-3-8-23-21(19)26(20)10-11-29-2/h3-6,8,13,16H,7,9-12,14H2,1-2H3. The minimum atomic E-state index is -3.56. The lowest BCUT2D eigenvalue weighted by Gasteiger charge is -2.17. The summed E-state index contributed by atoms with van der Waals surface area (Å²) in [4.78, 5) is 9.47. The van der Waals surface area contributed by atoms with Crippen molar-refractivity contribution in [1.29, 1.82) is 0 Å². The molecule has 1 aliphatic heterocycles. The second kappa shape index (κ2) is 8.63. The van der Waals surface area contributed by atoms with Crippen LogP contribution in [0.15, 0.2) is 41.4 Å². The number of hydrogen-bond acceptors (Lipinski definition) is 5. The molecule has 1 aliphatic rings. The van der Waals surface area contributed by atoms with Gasteiger partial charge in [-0.1, -0.05) is 17.7 Å². The van der Waals surface area contributed by atoms with E-state index in [1.165, 1.54) is 6.07 Å². The first kappa shape index (κ1) is 21.2. The fourth-order valence-electron chi connectivity index (χ4n) is 3.90. The van der Waals surface area contributed by atoms with Crippen molar-refractivity contribution in [3.05, 3.63) is 52.9 Å². The minimum Gasteiger partial charge on any atom is -0.383 e. The van der Waals surface area contributed by atoms with Gasteiger partial charge < -0.3 is 9.30 Å². The number of methoxy groups -OCH3 is 1. The third-order valence-electron chi connectivity index (χ3n) is 5.60. The number of fused-ring (bicyclic) bond motifs is 1. The molecule has 0 saturated carbocycles. The molecular weight excluding hydrogens is 424 g/mol. The topological polar surface area (TPSA) is 77.3 Å². The maximum atomic E-state index is 13.1. The molecule has 0 N–H and O–H groups in total. The van der Waals surface area contributed by atoms with Gasteiger partial charge in [0.1, 0.15) is 11.3 Å². The van der Waals surface area contributed by atoms with Crippen LogP contribution in [0.3, 0.4) is 0 Å². The minimum absolute atomic E-state index is 0.193. The van der Waals surface area contributed by atoms with E-state index in [-0.39, 0.29) is 10.8 Å². The number of rotatable bonds is 7. The zero-order valence-corrected chi connectivity index (χ0v) is 18.7. The number of sulfonamides is 1. The molecule has 1 aromatic carbocycles. The Hall–Kier alpha value is -2.00. The number of hydrogen-bond donors (Lipinski definition) is 0. The van der Waals surface area contributed by atoms with Gasteiger partial charge in [-0.25, -0.2) is 18.4 Å². The highest BCUT2D eigenvalue weighted by molar-refractivity contribution is 7.89. The first-order valence-electron chi connectivity index (χ1n) is 9.95. The van der Waals surface area contributed by atoms with Crippen LogP contribution in [-0.2, 0) is 27.7 Å². The van der Waals surface area contributed by atoms with E-state index in [1.807, 2.05) is 19.1 Å². The zero-order valence-electron chi connectivity index (χ0n) is 17.1. The summed E-state index contributed by atoms with van der Waals surface area (Å²) in [6.45, 7) is 4.04. The number of ether oxygens (including phenoxy) is 1. The van der Waals surface area contributed by atoms with Crippen molar-refractivity contribution in [2.24, 2.45) is 5.92 Å². The molecule has 9 heteroatoms. The van der Waals surface area contributed by atoms with Crippen molar-refractivity contribution in [1.82, 2.24) is 18.8 Å².